The van der Waals surface area contributed by atoms with Crippen LogP contribution < -0.4 is 14.8 Å². The normalized spacial score (nSPS) is 10.7. The van der Waals surface area contributed by atoms with Crippen LogP contribution in [0.3, 0.4) is 0 Å². The lowest BCUT2D eigenvalue weighted by molar-refractivity contribution is 0.0531. The van der Waals surface area contributed by atoms with Crippen molar-refractivity contribution >= 4 is 50.8 Å². The van der Waals surface area contributed by atoms with Crippen LogP contribution in [0.2, 0.25) is 5.28 Å². The minimum atomic E-state index is -0.405. The van der Waals surface area contributed by atoms with Gasteiger partial charge in [0.2, 0.25) is 5.28 Å². The van der Waals surface area contributed by atoms with E-state index in [4.69, 9.17) is 25.8 Å². The van der Waals surface area contributed by atoms with Crippen LogP contribution >= 0.6 is 22.9 Å². The van der Waals surface area contributed by atoms with Gasteiger partial charge >= 0.3 is 5.97 Å². The lowest BCUT2D eigenvalue weighted by Crippen LogP contribution is -2.03. The number of benzene rings is 1. The number of aromatic nitrogens is 3. The minimum absolute atomic E-state index is 0.0658. The van der Waals surface area contributed by atoms with Crippen LogP contribution in [-0.4, -0.2) is 41.7 Å². The summed E-state index contributed by atoms with van der Waals surface area (Å²) < 4.78 is 15.7. The van der Waals surface area contributed by atoms with E-state index < -0.39 is 5.97 Å². The Morgan fingerprint density at radius 1 is 1.19 bits per heavy atom. The van der Waals surface area contributed by atoms with Crippen molar-refractivity contribution in [2.75, 3.05) is 26.1 Å². The molecule has 0 fully saturated rings. The highest BCUT2D eigenvalue weighted by Gasteiger charge is 2.18. The van der Waals surface area contributed by atoms with Gasteiger partial charge in [0.05, 0.1) is 32.0 Å². The van der Waals surface area contributed by atoms with E-state index in [1.165, 1.54) is 11.3 Å². The molecule has 0 amide bonds. The van der Waals surface area contributed by atoms with E-state index in [2.05, 4.69) is 20.3 Å². The lowest BCUT2D eigenvalue weighted by Gasteiger charge is -2.11. The highest BCUT2D eigenvalue weighted by atomic mass is 35.5. The number of hydrogen-bond donors (Lipinski definition) is 1. The number of carbonyl (C=O) groups excluding carboxylic acids is 1. The summed E-state index contributed by atoms with van der Waals surface area (Å²) in [6.45, 7) is 3.80. The largest absolute Gasteiger partial charge is 0.493 e. The first kappa shape index (κ1) is 19.1. The zero-order chi connectivity index (χ0) is 19.6. The minimum Gasteiger partial charge on any atom is -0.493 e. The van der Waals surface area contributed by atoms with E-state index in [9.17, 15) is 4.79 Å². The Morgan fingerprint density at radius 2 is 1.89 bits per heavy atom. The second kappa shape index (κ2) is 7.93. The van der Waals surface area contributed by atoms with Gasteiger partial charge in [-0.15, -0.1) is 0 Å². The van der Waals surface area contributed by atoms with Crippen molar-refractivity contribution in [1.82, 2.24) is 15.0 Å². The summed E-state index contributed by atoms with van der Waals surface area (Å²) in [5, 5.41) is 4.32. The lowest BCUT2D eigenvalue weighted by atomic mass is 10.2. The standard InChI is InChI=1S/C17H17ClN4O4S/c1-5-26-15(23)13-8(2)19-17(27-13)22-14-9-6-11(24-3)12(25-4)7-10(9)20-16(18)21-14/h6-7H,5H2,1-4H3,(H,19,20,21,22). The summed E-state index contributed by atoms with van der Waals surface area (Å²) >= 11 is 7.24. The highest BCUT2D eigenvalue weighted by Crippen LogP contribution is 2.36. The van der Waals surface area contributed by atoms with Crippen molar-refractivity contribution in [3.8, 4) is 11.5 Å². The fraction of sp³-hybridized carbons (Fsp3) is 0.294. The highest BCUT2D eigenvalue weighted by molar-refractivity contribution is 7.17. The molecular formula is C17H17ClN4O4S. The summed E-state index contributed by atoms with van der Waals surface area (Å²) in [6, 6.07) is 3.46. The van der Waals surface area contributed by atoms with E-state index in [0.29, 0.717) is 50.5 Å². The second-order valence-electron chi connectivity index (χ2n) is 5.34. The quantitative estimate of drug-likeness (QED) is 0.483. The fourth-order valence-corrected chi connectivity index (χ4v) is 3.49. The number of anilines is 2. The number of nitrogens with zero attached hydrogens (tertiary/aromatic N) is 3. The van der Waals surface area contributed by atoms with Gasteiger partial charge in [0.25, 0.3) is 0 Å². The smallest absolute Gasteiger partial charge is 0.350 e. The van der Waals surface area contributed by atoms with E-state index in [0.717, 1.165) is 0 Å². The molecule has 0 aliphatic carbocycles. The van der Waals surface area contributed by atoms with Gasteiger partial charge in [0, 0.05) is 11.5 Å². The summed E-state index contributed by atoms with van der Waals surface area (Å²) in [4.78, 5) is 25.3. The fourth-order valence-electron chi connectivity index (χ4n) is 2.46. The molecule has 0 aliphatic heterocycles. The molecule has 3 rings (SSSR count). The van der Waals surface area contributed by atoms with Crippen LogP contribution in [0.15, 0.2) is 12.1 Å². The summed E-state index contributed by atoms with van der Waals surface area (Å²) in [5.74, 6) is 1.09. The van der Waals surface area contributed by atoms with Gasteiger partial charge in [-0.3, -0.25) is 0 Å². The van der Waals surface area contributed by atoms with Crippen LogP contribution in [0.4, 0.5) is 10.9 Å². The number of thiazole rings is 1. The third-order valence-electron chi connectivity index (χ3n) is 3.66. The Hall–Kier alpha value is -2.65. The van der Waals surface area contributed by atoms with E-state index in [-0.39, 0.29) is 5.28 Å². The Balaban J connectivity index is 2.04. The average Bonchev–Trinajstić information content (AvgIpc) is 3.01. The van der Waals surface area contributed by atoms with Gasteiger partial charge in [-0.2, -0.15) is 4.98 Å². The van der Waals surface area contributed by atoms with Crippen molar-refractivity contribution < 1.29 is 19.0 Å². The number of carbonyl (C=O) groups is 1. The number of halogens is 1. The molecule has 0 atom stereocenters. The Morgan fingerprint density at radius 3 is 2.56 bits per heavy atom. The Labute approximate surface area is 164 Å². The van der Waals surface area contributed by atoms with Crippen LogP contribution in [0, 0.1) is 6.92 Å². The molecule has 27 heavy (non-hydrogen) atoms. The van der Waals surface area contributed by atoms with Crippen LogP contribution in [-0.2, 0) is 4.74 Å². The second-order valence-corrected chi connectivity index (χ2v) is 6.68. The summed E-state index contributed by atoms with van der Waals surface area (Å²) in [5.41, 5.74) is 1.15. The molecule has 0 aliphatic rings. The monoisotopic (exact) mass is 408 g/mol. The number of esters is 1. The zero-order valence-corrected chi connectivity index (χ0v) is 16.7. The molecule has 3 aromatic rings. The van der Waals surface area contributed by atoms with Crippen LogP contribution in [0.1, 0.15) is 22.3 Å². The SMILES string of the molecule is CCOC(=O)c1sc(Nc2nc(Cl)nc3cc(OC)c(OC)cc23)nc1C. The van der Waals surface area contributed by atoms with Crippen molar-refractivity contribution in [1.29, 1.82) is 0 Å². The summed E-state index contributed by atoms with van der Waals surface area (Å²) in [6.07, 6.45) is 0. The van der Waals surface area contributed by atoms with Gasteiger partial charge in [-0.1, -0.05) is 11.3 Å². The van der Waals surface area contributed by atoms with Crippen molar-refractivity contribution in [3.63, 3.8) is 0 Å². The maximum atomic E-state index is 12.0. The van der Waals surface area contributed by atoms with Gasteiger partial charge < -0.3 is 19.5 Å². The van der Waals surface area contributed by atoms with E-state index in [1.807, 2.05) is 0 Å². The topological polar surface area (TPSA) is 95.5 Å². The molecule has 0 unspecified atom stereocenters. The number of nitrogens with one attached hydrogen (secondary N) is 1. The van der Waals surface area contributed by atoms with Gasteiger partial charge in [0.1, 0.15) is 10.7 Å². The van der Waals surface area contributed by atoms with Crippen molar-refractivity contribution in [3.05, 3.63) is 28.0 Å². The first-order valence-corrected chi connectivity index (χ1v) is 9.17. The Bertz CT molecular complexity index is 1010. The third kappa shape index (κ3) is 3.88. The number of hydrogen-bond acceptors (Lipinski definition) is 9. The molecule has 1 aromatic carbocycles. The van der Waals surface area contributed by atoms with E-state index >= 15 is 0 Å². The molecule has 2 heterocycles. The predicted octanol–water partition coefficient (Wildman–Crippen LogP) is 3.99. The number of fused-ring (bicyclic) bond motifs is 1. The van der Waals surface area contributed by atoms with Gasteiger partial charge in [0.15, 0.2) is 16.6 Å². The number of ether oxygens (including phenoxy) is 3. The maximum absolute atomic E-state index is 12.0. The Kier molecular flexibility index (Phi) is 5.62. The predicted molar refractivity (Wildman–Crippen MR) is 104 cm³/mol. The maximum Gasteiger partial charge on any atom is 0.350 e. The van der Waals surface area contributed by atoms with Gasteiger partial charge in [-0.25, -0.2) is 14.8 Å². The molecule has 0 bridgehead atoms. The molecule has 2 aromatic heterocycles. The van der Waals surface area contributed by atoms with Crippen molar-refractivity contribution in [2.45, 2.75) is 13.8 Å². The molecular weight excluding hydrogens is 392 g/mol. The molecule has 1 N–H and O–H groups in total. The van der Waals surface area contributed by atoms with Crippen LogP contribution in [0.5, 0.6) is 11.5 Å². The molecule has 0 spiro atoms. The third-order valence-corrected chi connectivity index (χ3v) is 4.88. The molecule has 8 nitrogen and oxygen atoms in total. The zero-order valence-electron chi connectivity index (χ0n) is 15.1. The number of rotatable bonds is 6. The number of methoxy groups -OCH3 is 2. The molecule has 0 saturated carbocycles. The van der Waals surface area contributed by atoms with Crippen molar-refractivity contribution in [2.24, 2.45) is 0 Å². The van der Waals surface area contributed by atoms with Gasteiger partial charge in [-0.05, 0) is 31.5 Å². The molecule has 142 valence electrons. The molecule has 0 radical (unpaired) electrons. The number of aryl methyl sites for hydroxylation is 1. The summed E-state index contributed by atoms with van der Waals surface area (Å²) in [7, 11) is 3.09. The first-order valence-electron chi connectivity index (χ1n) is 7.97. The molecule has 0 saturated heterocycles. The van der Waals surface area contributed by atoms with E-state index in [1.54, 1.807) is 40.2 Å². The first-order chi connectivity index (χ1) is 13.0. The van der Waals surface area contributed by atoms with Crippen LogP contribution in [0.25, 0.3) is 10.9 Å². The average molecular weight is 409 g/mol. The molecule has 10 heteroatoms.